The van der Waals surface area contributed by atoms with E-state index >= 15 is 0 Å². The maximum absolute atomic E-state index is 10.9. The monoisotopic (exact) mass is 358 g/mol. The lowest BCUT2D eigenvalue weighted by molar-refractivity contribution is 0.463. The van der Waals surface area contributed by atoms with Crippen LogP contribution < -0.4 is 0 Å². The summed E-state index contributed by atoms with van der Waals surface area (Å²) in [6, 6.07) is 25.1. The number of rotatable bonds is 6. The van der Waals surface area contributed by atoms with Crippen LogP contribution in [0.1, 0.15) is 67.3 Å². The van der Waals surface area contributed by atoms with Gasteiger partial charge in [-0.05, 0) is 40.7 Å². The van der Waals surface area contributed by atoms with Crippen LogP contribution in [0.5, 0.6) is 5.75 Å². The average Bonchev–Trinajstić information content (AvgIpc) is 2.69. The van der Waals surface area contributed by atoms with Gasteiger partial charge in [0.05, 0.1) is 0 Å². The molecule has 140 valence electrons. The van der Waals surface area contributed by atoms with Crippen molar-refractivity contribution < 1.29 is 5.11 Å². The van der Waals surface area contributed by atoms with E-state index in [9.17, 15) is 5.11 Å². The van der Waals surface area contributed by atoms with Crippen LogP contribution in [0.3, 0.4) is 0 Å². The minimum atomic E-state index is 0.138. The standard InChI is InChI=1S/C26H30O/c1-18(2)17-23-15-16-24(27)26(20(4)22-13-9-6-10-14-22)25(23)19(3)21-11-7-5-8-12-21/h5-16,18-20,27H,17H2,1-4H3. The molecular formula is C26H30O. The van der Waals surface area contributed by atoms with Crippen LogP contribution in [0.15, 0.2) is 72.8 Å². The lowest BCUT2D eigenvalue weighted by Crippen LogP contribution is -2.11. The largest absolute Gasteiger partial charge is 0.508 e. The second-order valence-electron chi connectivity index (χ2n) is 7.93. The van der Waals surface area contributed by atoms with E-state index in [1.54, 1.807) is 0 Å². The normalized spacial score (nSPS) is 13.5. The molecule has 0 saturated heterocycles. The van der Waals surface area contributed by atoms with Crippen LogP contribution in [0.25, 0.3) is 0 Å². The van der Waals surface area contributed by atoms with Crippen LogP contribution >= 0.6 is 0 Å². The second-order valence-corrected chi connectivity index (χ2v) is 7.93. The molecule has 0 aliphatic heterocycles. The summed E-state index contributed by atoms with van der Waals surface area (Å²) in [6.45, 7) is 8.97. The summed E-state index contributed by atoms with van der Waals surface area (Å²) < 4.78 is 0. The smallest absolute Gasteiger partial charge is 0.119 e. The molecule has 0 spiro atoms. The van der Waals surface area contributed by atoms with Crippen molar-refractivity contribution in [2.45, 2.75) is 46.0 Å². The predicted molar refractivity (Wildman–Crippen MR) is 115 cm³/mol. The van der Waals surface area contributed by atoms with E-state index < -0.39 is 0 Å². The zero-order valence-electron chi connectivity index (χ0n) is 16.8. The Bertz CT molecular complexity index is 865. The highest BCUT2D eigenvalue weighted by atomic mass is 16.3. The summed E-state index contributed by atoms with van der Waals surface area (Å²) in [5.41, 5.74) is 6.21. The molecule has 27 heavy (non-hydrogen) atoms. The highest BCUT2D eigenvalue weighted by Gasteiger charge is 2.24. The first kappa shape index (κ1) is 19.2. The van der Waals surface area contributed by atoms with Crippen molar-refractivity contribution in [2.24, 2.45) is 5.92 Å². The van der Waals surface area contributed by atoms with E-state index in [2.05, 4.69) is 88.4 Å². The molecule has 1 N–H and O–H groups in total. The molecule has 0 bridgehead atoms. The molecule has 3 aromatic carbocycles. The maximum Gasteiger partial charge on any atom is 0.119 e. The van der Waals surface area contributed by atoms with Gasteiger partial charge in [-0.2, -0.15) is 0 Å². The molecule has 0 radical (unpaired) electrons. The maximum atomic E-state index is 10.9. The molecular weight excluding hydrogens is 328 g/mol. The minimum absolute atomic E-state index is 0.138. The zero-order valence-corrected chi connectivity index (χ0v) is 16.8. The van der Waals surface area contributed by atoms with Crippen molar-refractivity contribution >= 4 is 0 Å². The molecule has 0 aromatic heterocycles. The first-order valence-electron chi connectivity index (χ1n) is 9.93. The Morgan fingerprint density at radius 3 is 1.59 bits per heavy atom. The van der Waals surface area contributed by atoms with Crippen LogP contribution in [0, 0.1) is 5.92 Å². The summed E-state index contributed by atoms with van der Waals surface area (Å²) in [4.78, 5) is 0. The fourth-order valence-corrected chi connectivity index (χ4v) is 4.07. The molecule has 3 rings (SSSR count). The minimum Gasteiger partial charge on any atom is -0.508 e. The summed E-state index contributed by atoms with van der Waals surface area (Å²) in [5.74, 6) is 1.33. The molecule has 1 heteroatoms. The number of phenolic OH excluding ortho intramolecular Hbond substituents is 1. The number of aromatic hydroxyl groups is 1. The van der Waals surface area contributed by atoms with E-state index in [-0.39, 0.29) is 11.8 Å². The molecule has 0 aliphatic rings. The fourth-order valence-electron chi connectivity index (χ4n) is 4.07. The van der Waals surface area contributed by atoms with Crippen molar-refractivity contribution in [1.29, 1.82) is 0 Å². The van der Waals surface area contributed by atoms with E-state index in [0.717, 1.165) is 12.0 Å². The van der Waals surface area contributed by atoms with Gasteiger partial charge in [0.2, 0.25) is 0 Å². The van der Waals surface area contributed by atoms with Crippen LogP contribution in [-0.2, 0) is 6.42 Å². The zero-order chi connectivity index (χ0) is 19.4. The number of hydrogen-bond donors (Lipinski definition) is 1. The van der Waals surface area contributed by atoms with Gasteiger partial charge in [-0.1, -0.05) is 94.4 Å². The molecule has 3 aromatic rings. The average molecular weight is 359 g/mol. The Labute approximate surface area is 163 Å². The van der Waals surface area contributed by atoms with Crippen molar-refractivity contribution in [1.82, 2.24) is 0 Å². The lowest BCUT2D eigenvalue weighted by atomic mass is 9.78. The third kappa shape index (κ3) is 4.24. The van der Waals surface area contributed by atoms with Gasteiger partial charge < -0.3 is 5.11 Å². The molecule has 0 saturated carbocycles. The summed E-state index contributed by atoms with van der Waals surface area (Å²) in [6.07, 6.45) is 1.02. The highest BCUT2D eigenvalue weighted by molar-refractivity contribution is 5.53. The molecule has 2 unspecified atom stereocenters. The van der Waals surface area contributed by atoms with Crippen molar-refractivity contribution in [3.63, 3.8) is 0 Å². The van der Waals surface area contributed by atoms with E-state index in [1.807, 2.05) is 12.1 Å². The van der Waals surface area contributed by atoms with Crippen molar-refractivity contribution in [3.05, 3.63) is 101 Å². The third-order valence-corrected chi connectivity index (χ3v) is 5.45. The van der Waals surface area contributed by atoms with Gasteiger partial charge in [-0.3, -0.25) is 0 Å². The Balaban J connectivity index is 2.19. The first-order chi connectivity index (χ1) is 13.0. The highest BCUT2D eigenvalue weighted by Crippen LogP contribution is 2.41. The fraction of sp³-hybridized carbons (Fsp3) is 0.308. The van der Waals surface area contributed by atoms with Crippen LogP contribution in [-0.4, -0.2) is 5.11 Å². The molecule has 0 amide bonds. The third-order valence-electron chi connectivity index (χ3n) is 5.45. The lowest BCUT2D eigenvalue weighted by Gasteiger charge is -2.26. The van der Waals surface area contributed by atoms with Crippen LogP contribution in [0.4, 0.5) is 0 Å². The Hall–Kier alpha value is -2.54. The summed E-state index contributed by atoms with van der Waals surface area (Å²) >= 11 is 0. The molecule has 0 aliphatic carbocycles. The molecule has 1 nitrogen and oxygen atoms in total. The van der Waals surface area contributed by atoms with Gasteiger partial charge in [-0.25, -0.2) is 0 Å². The van der Waals surface area contributed by atoms with E-state index in [0.29, 0.717) is 11.7 Å². The molecule has 2 atom stereocenters. The molecule has 0 heterocycles. The quantitative estimate of drug-likeness (QED) is 0.508. The Morgan fingerprint density at radius 1 is 0.630 bits per heavy atom. The van der Waals surface area contributed by atoms with Gasteiger partial charge in [0.25, 0.3) is 0 Å². The van der Waals surface area contributed by atoms with Crippen LogP contribution in [0.2, 0.25) is 0 Å². The van der Waals surface area contributed by atoms with Gasteiger partial charge in [-0.15, -0.1) is 0 Å². The second kappa shape index (κ2) is 8.43. The van der Waals surface area contributed by atoms with Gasteiger partial charge in [0.15, 0.2) is 0 Å². The van der Waals surface area contributed by atoms with Gasteiger partial charge in [0, 0.05) is 17.4 Å². The Morgan fingerprint density at radius 2 is 1.11 bits per heavy atom. The number of benzene rings is 3. The number of hydrogen-bond acceptors (Lipinski definition) is 1. The molecule has 0 fully saturated rings. The van der Waals surface area contributed by atoms with E-state index in [1.165, 1.54) is 22.3 Å². The van der Waals surface area contributed by atoms with Gasteiger partial charge in [0.1, 0.15) is 5.75 Å². The summed E-state index contributed by atoms with van der Waals surface area (Å²) in [5, 5.41) is 10.9. The topological polar surface area (TPSA) is 20.2 Å². The summed E-state index contributed by atoms with van der Waals surface area (Å²) in [7, 11) is 0. The predicted octanol–water partition coefficient (Wildman–Crippen LogP) is 6.89. The van der Waals surface area contributed by atoms with Crippen molar-refractivity contribution in [3.8, 4) is 5.75 Å². The Kier molecular flexibility index (Phi) is 6.01. The van der Waals surface area contributed by atoms with Gasteiger partial charge >= 0.3 is 0 Å². The SMILES string of the molecule is CC(C)Cc1ccc(O)c(C(C)c2ccccc2)c1C(C)c1ccccc1. The number of phenols is 1. The van der Waals surface area contributed by atoms with Crippen molar-refractivity contribution in [2.75, 3.05) is 0 Å². The van der Waals surface area contributed by atoms with E-state index in [4.69, 9.17) is 0 Å². The first-order valence-corrected chi connectivity index (χ1v) is 9.93.